The number of pyridine rings is 1. The minimum atomic E-state index is 0.0287. The molecule has 204 valence electrons. The monoisotopic (exact) mass is 537 g/mol. The third kappa shape index (κ3) is 4.14. The first-order valence-electron chi connectivity index (χ1n) is 14.4. The van der Waals surface area contributed by atoms with Gasteiger partial charge in [-0.2, -0.15) is 0 Å². The van der Waals surface area contributed by atoms with Crippen molar-refractivity contribution in [3.05, 3.63) is 102 Å². The largest absolute Gasteiger partial charge is 0.455 e. The van der Waals surface area contributed by atoms with Gasteiger partial charge in [-0.05, 0) is 76.4 Å². The predicted molar refractivity (Wildman–Crippen MR) is 172 cm³/mol. The number of hydrogen-bond acceptors (Lipinski definition) is 3. The summed E-state index contributed by atoms with van der Waals surface area (Å²) in [5.41, 5.74) is 11.2. The molecule has 0 spiro atoms. The van der Waals surface area contributed by atoms with E-state index >= 15 is 0 Å². The summed E-state index contributed by atoms with van der Waals surface area (Å²) in [6, 6.07) is 28.0. The Morgan fingerprint density at radius 3 is 1.63 bits per heavy atom. The van der Waals surface area contributed by atoms with Crippen LogP contribution in [-0.2, 0) is 10.8 Å². The van der Waals surface area contributed by atoms with E-state index in [1.807, 2.05) is 24.4 Å². The molecule has 7 rings (SSSR count). The van der Waals surface area contributed by atoms with Crippen LogP contribution in [0.4, 0.5) is 0 Å². The van der Waals surface area contributed by atoms with E-state index in [-0.39, 0.29) is 10.8 Å². The number of benzene rings is 4. The van der Waals surface area contributed by atoms with Crippen LogP contribution in [0.3, 0.4) is 0 Å². The molecule has 3 heteroatoms. The molecule has 0 aliphatic heterocycles. The van der Waals surface area contributed by atoms with Crippen LogP contribution in [0, 0.1) is 6.92 Å². The molecule has 4 aromatic carbocycles. The molecule has 3 aromatic heterocycles. The molecule has 3 heterocycles. The van der Waals surface area contributed by atoms with E-state index in [0.29, 0.717) is 0 Å². The summed E-state index contributed by atoms with van der Waals surface area (Å²) in [4.78, 5) is 4.80. The smallest absolute Gasteiger partial charge is 0.147 e. The Bertz CT molecular complexity index is 2010. The maximum atomic E-state index is 6.71. The van der Waals surface area contributed by atoms with Crippen molar-refractivity contribution in [3.8, 4) is 22.4 Å². The highest BCUT2D eigenvalue weighted by atomic mass is 16.3. The Labute approximate surface area is 240 Å². The second kappa shape index (κ2) is 8.81. The number of furan rings is 2. The normalized spacial score (nSPS) is 12.8. The molecule has 3 nitrogen and oxygen atoms in total. The molecule has 0 amide bonds. The first-order valence-corrected chi connectivity index (χ1v) is 14.4. The minimum absolute atomic E-state index is 0.0287. The van der Waals surface area contributed by atoms with E-state index in [1.54, 1.807) is 0 Å². The van der Waals surface area contributed by atoms with Crippen molar-refractivity contribution in [1.29, 1.82) is 0 Å². The number of fused-ring (bicyclic) bond motifs is 6. The van der Waals surface area contributed by atoms with Crippen LogP contribution in [0.25, 0.3) is 66.3 Å². The number of hydrogen-bond donors (Lipinski definition) is 0. The maximum absolute atomic E-state index is 6.71. The van der Waals surface area contributed by atoms with E-state index in [2.05, 4.69) is 109 Å². The second-order valence-corrected chi connectivity index (χ2v) is 13.4. The van der Waals surface area contributed by atoms with Crippen LogP contribution in [0.2, 0.25) is 0 Å². The van der Waals surface area contributed by atoms with Gasteiger partial charge < -0.3 is 8.83 Å². The fourth-order valence-corrected chi connectivity index (χ4v) is 5.88. The van der Waals surface area contributed by atoms with E-state index in [0.717, 1.165) is 71.8 Å². The standard InChI is InChI=1S/C38H35NO2/c1-22-21-39-31(23-11-9-8-10-12-23)20-26(22)34-35-29(27-17-24(37(2,3)4)13-15-32(27)40-35)19-30-28-18-25(38(5,6)7)14-16-33(28)41-36(30)34/h8-21H,1-7H3. The van der Waals surface area contributed by atoms with Crippen LogP contribution in [0.5, 0.6) is 0 Å². The Balaban J connectivity index is 1.63. The topological polar surface area (TPSA) is 39.2 Å². The average Bonchev–Trinajstić information content (AvgIpc) is 3.49. The highest BCUT2D eigenvalue weighted by molar-refractivity contribution is 6.22. The Kier molecular flexibility index (Phi) is 5.50. The molecule has 0 aliphatic carbocycles. The zero-order valence-electron chi connectivity index (χ0n) is 24.8. The number of aromatic nitrogens is 1. The summed E-state index contributed by atoms with van der Waals surface area (Å²) in [5, 5.41) is 4.48. The van der Waals surface area contributed by atoms with Crippen molar-refractivity contribution in [1.82, 2.24) is 4.98 Å². The number of rotatable bonds is 2. The highest BCUT2D eigenvalue weighted by Crippen LogP contribution is 2.46. The van der Waals surface area contributed by atoms with Gasteiger partial charge in [-0.15, -0.1) is 0 Å². The van der Waals surface area contributed by atoms with Gasteiger partial charge in [0.2, 0.25) is 0 Å². The predicted octanol–water partition coefficient (Wildman–Crippen LogP) is 11.1. The summed E-state index contributed by atoms with van der Waals surface area (Å²) in [6.45, 7) is 15.6. The lowest BCUT2D eigenvalue weighted by Crippen LogP contribution is -2.10. The molecule has 7 aromatic rings. The maximum Gasteiger partial charge on any atom is 0.147 e. The van der Waals surface area contributed by atoms with Gasteiger partial charge in [0.1, 0.15) is 22.3 Å². The van der Waals surface area contributed by atoms with Crippen LogP contribution in [0.1, 0.15) is 58.2 Å². The molecule has 0 aliphatic rings. The third-order valence-electron chi connectivity index (χ3n) is 8.37. The molecular weight excluding hydrogens is 502 g/mol. The lowest BCUT2D eigenvalue weighted by molar-refractivity contribution is 0.590. The lowest BCUT2D eigenvalue weighted by atomic mass is 9.85. The van der Waals surface area contributed by atoms with Crippen molar-refractivity contribution in [3.63, 3.8) is 0 Å². The molecule has 0 bridgehead atoms. The molecule has 0 atom stereocenters. The van der Waals surface area contributed by atoms with Crippen LogP contribution in [0.15, 0.2) is 93.9 Å². The second-order valence-electron chi connectivity index (χ2n) is 13.4. The molecule has 0 saturated heterocycles. The SMILES string of the molecule is Cc1cnc(-c2ccccc2)cc1-c1c2oc3ccc(C(C)(C)C)cc3c2cc2c1oc1ccc(C(C)(C)C)cc12. The van der Waals surface area contributed by atoms with Gasteiger partial charge in [0.25, 0.3) is 0 Å². The van der Waals surface area contributed by atoms with Gasteiger partial charge in [0.15, 0.2) is 0 Å². The van der Waals surface area contributed by atoms with E-state index < -0.39 is 0 Å². The van der Waals surface area contributed by atoms with Gasteiger partial charge in [-0.1, -0.05) is 84.0 Å². The van der Waals surface area contributed by atoms with Gasteiger partial charge in [-0.25, -0.2) is 0 Å². The zero-order chi connectivity index (χ0) is 28.7. The first-order chi connectivity index (χ1) is 19.5. The first kappa shape index (κ1) is 25.6. The summed E-state index contributed by atoms with van der Waals surface area (Å²) in [6.07, 6.45) is 1.96. The van der Waals surface area contributed by atoms with Crippen LogP contribution in [-0.4, -0.2) is 4.98 Å². The Morgan fingerprint density at radius 1 is 0.585 bits per heavy atom. The van der Waals surface area contributed by atoms with Crippen molar-refractivity contribution >= 4 is 43.9 Å². The van der Waals surface area contributed by atoms with E-state index in [4.69, 9.17) is 13.8 Å². The average molecular weight is 538 g/mol. The van der Waals surface area contributed by atoms with E-state index in [9.17, 15) is 0 Å². The van der Waals surface area contributed by atoms with Crippen LogP contribution < -0.4 is 0 Å². The van der Waals surface area contributed by atoms with Gasteiger partial charge in [-0.3, -0.25) is 4.98 Å². The third-order valence-corrected chi connectivity index (χ3v) is 8.37. The minimum Gasteiger partial charge on any atom is -0.455 e. The fraction of sp³-hybridized carbons (Fsp3) is 0.237. The van der Waals surface area contributed by atoms with Gasteiger partial charge in [0, 0.05) is 33.3 Å². The lowest BCUT2D eigenvalue weighted by Gasteiger charge is -2.18. The van der Waals surface area contributed by atoms with Crippen molar-refractivity contribution < 1.29 is 8.83 Å². The Hall–Kier alpha value is -4.37. The number of aryl methyl sites for hydroxylation is 1. The molecule has 0 saturated carbocycles. The molecule has 0 radical (unpaired) electrons. The fourth-order valence-electron chi connectivity index (χ4n) is 5.88. The molecule has 41 heavy (non-hydrogen) atoms. The summed E-state index contributed by atoms with van der Waals surface area (Å²) >= 11 is 0. The van der Waals surface area contributed by atoms with E-state index in [1.165, 1.54) is 11.1 Å². The van der Waals surface area contributed by atoms with Crippen molar-refractivity contribution in [2.75, 3.05) is 0 Å². The highest BCUT2D eigenvalue weighted by Gasteiger charge is 2.25. The summed E-state index contributed by atoms with van der Waals surface area (Å²) in [5.74, 6) is 0. The number of nitrogens with zero attached hydrogens (tertiary/aromatic N) is 1. The van der Waals surface area contributed by atoms with Crippen LogP contribution >= 0.6 is 0 Å². The molecule has 0 unspecified atom stereocenters. The molecule has 0 N–H and O–H groups in total. The summed E-state index contributed by atoms with van der Waals surface area (Å²) in [7, 11) is 0. The quantitative estimate of drug-likeness (QED) is 0.220. The Morgan fingerprint density at radius 2 is 1.12 bits per heavy atom. The molecule has 0 fully saturated rings. The van der Waals surface area contributed by atoms with Gasteiger partial charge in [0.05, 0.1) is 11.3 Å². The summed E-state index contributed by atoms with van der Waals surface area (Å²) < 4.78 is 13.4. The molecular formula is C38H35NO2. The van der Waals surface area contributed by atoms with Gasteiger partial charge >= 0.3 is 0 Å². The van der Waals surface area contributed by atoms with Crippen molar-refractivity contribution in [2.45, 2.75) is 59.3 Å². The zero-order valence-corrected chi connectivity index (χ0v) is 24.8. The van der Waals surface area contributed by atoms with Crippen molar-refractivity contribution in [2.24, 2.45) is 0 Å².